The number of hydrogen-bond donors (Lipinski definition) is 0. The molecule has 0 amide bonds. The fraction of sp³-hybridized carbons (Fsp3) is 0.269. The monoisotopic (exact) mass is 439 g/mol. The maximum absolute atomic E-state index is 13.5. The largest absolute Gasteiger partial charge is 0.322 e. The Hall–Kier alpha value is -3.87. The number of fused-ring (bicyclic) bond motifs is 4. The average molecular weight is 440 g/mol. The summed E-state index contributed by atoms with van der Waals surface area (Å²) < 4.78 is 3.43. The molecule has 3 aromatic heterocycles. The van der Waals surface area contributed by atoms with E-state index in [9.17, 15) is 4.79 Å². The van der Waals surface area contributed by atoms with Crippen molar-refractivity contribution in [2.45, 2.75) is 46.1 Å². The molecule has 2 aromatic carbocycles. The lowest BCUT2D eigenvalue weighted by atomic mass is 10.2. The Morgan fingerprint density at radius 1 is 1.03 bits per heavy atom. The van der Waals surface area contributed by atoms with Crippen molar-refractivity contribution >= 4 is 39.4 Å². The molecule has 0 aliphatic heterocycles. The van der Waals surface area contributed by atoms with Gasteiger partial charge in [-0.15, -0.1) is 9.78 Å². The van der Waals surface area contributed by atoms with E-state index in [-0.39, 0.29) is 5.56 Å². The number of benzene rings is 2. The van der Waals surface area contributed by atoms with Crippen molar-refractivity contribution in [1.82, 2.24) is 19.2 Å². The molecule has 1 N–H and O–H groups in total. The highest BCUT2D eigenvalue weighted by Gasteiger charge is 2.24. The summed E-state index contributed by atoms with van der Waals surface area (Å²) in [7, 11) is 0. The third-order valence-corrected chi connectivity index (χ3v) is 5.89. The van der Waals surface area contributed by atoms with Crippen molar-refractivity contribution in [3.8, 4) is 0 Å². The van der Waals surface area contributed by atoms with Crippen molar-refractivity contribution in [2.75, 3.05) is 0 Å². The number of nitrogens with zero attached hydrogens (tertiary/aromatic N) is 5. The van der Waals surface area contributed by atoms with Crippen LogP contribution in [0.2, 0.25) is 0 Å². The summed E-state index contributed by atoms with van der Waals surface area (Å²) in [6.45, 7) is 4.90. The summed E-state index contributed by atoms with van der Waals surface area (Å²) >= 11 is 0. The van der Waals surface area contributed by atoms with Crippen LogP contribution in [-0.2, 0) is 6.54 Å². The van der Waals surface area contributed by atoms with Crippen LogP contribution in [0.25, 0.3) is 33.2 Å². The van der Waals surface area contributed by atoms with Gasteiger partial charge in [-0.25, -0.2) is 24.3 Å². The number of aromatic nitrogens is 5. The first-order valence-corrected chi connectivity index (χ1v) is 11.5. The zero-order valence-corrected chi connectivity index (χ0v) is 19.0. The molecule has 166 valence electrons. The number of nitrogens with one attached hydrogen (secondary N) is 1. The second-order valence-electron chi connectivity index (χ2n) is 8.41. The summed E-state index contributed by atoms with van der Waals surface area (Å²) in [5.74, 6) is 0. The lowest BCUT2D eigenvalue weighted by molar-refractivity contribution is -0.357. The molecule has 0 atom stereocenters. The number of unbranched alkanes of at least 4 members (excludes halogenated alkanes) is 3. The first kappa shape index (κ1) is 21.0. The van der Waals surface area contributed by atoms with Gasteiger partial charge in [-0.1, -0.05) is 68.1 Å². The molecule has 0 radical (unpaired) electrons. The van der Waals surface area contributed by atoms with Gasteiger partial charge in [-0.05, 0) is 31.0 Å². The van der Waals surface area contributed by atoms with E-state index in [1.54, 1.807) is 21.8 Å². The predicted molar refractivity (Wildman–Crippen MR) is 132 cm³/mol. The Morgan fingerprint density at radius 2 is 1.85 bits per heavy atom. The van der Waals surface area contributed by atoms with Gasteiger partial charge in [-0.3, -0.25) is 0 Å². The second-order valence-corrected chi connectivity index (χ2v) is 8.41. The standard InChI is InChI=1S/C26H26N6O/c1-3-4-5-8-14-31-17-27-24-22(26(31)33)23-25(30-21-13-7-6-12-20(21)29-23)32(24)28-16-19-11-9-10-18(2)15-19/h6-7,9-13,15-17H,3-5,8,14H2,1-2H3/p+1/b28-16+. The summed E-state index contributed by atoms with van der Waals surface area (Å²) in [5, 5.41) is 5.22. The minimum atomic E-state index is -0.0701. The molecule has 5 rings (SSSR count). The van der Waals surface area contributed by atoms with Gasteiger partial charge in [0.25, 0.3) is 5.65 Å². The van der Waals surface area contributed by atoms with Crippen LogP contribution in [0.15, 0.2) is 64.8 Å². The van der Waals surface area contributed by atoms with Crippen LogP contribution in [-0.4, -0.2) is 25.4 Å². The van der Waals surface area contributed by atoms with Crippen LogP contribution in [0.1, 0.15) is 43.7 Å². The third kappa shape index (κ3) is 4.02. The molecular formula is C26H27N6O+. The lowest BCUT2D eigenvalue weighted by Crippen LogP contribution is -2.26. The SMILES string of the molecule is CCCCCCn1c[nH+]c2c(c1=O)c1nc3ccccc3nc1n2/N=C/c1cccc(C)c1. The van der Waals surface area contributed by atoms with Gasteiger partial charge in [0.15, 0.2) is 11.7 Å². The molecule has 7 nitrogen and oxygen atoms in total. The smallest absolute Gasteiger partial charge is 0.250 e. The molecular weight excluding hydrogens is 412 g/mol. The summed E-state index contributed by atoms with van der Waals surface area (Å²) in [4.78, 5) is 26.4. The van der Waals surface area contributed by atoms with Gasteiger partial charge in [0.05, 0.1) is 23.8 Å². The van der Waals surface area contributed by atoms with Crippen LogP contribution in [0.3, 0.4) is 0 Å². The Balaban J connectivity index is 1.71. The van der Waals surface area contributed by atoms with Crippen LogP contribution in [0.5, 0.6) is 0 Å². The van der Waals surface area contributed by atoms with E-state index in [1.807, 2.05) is 49.4 Å². The van der Waals surface area contributed by atoms with Crippen LogP contribution in [0, 0.1) is 6.92 Å². The van der Waals surface area contributed by atoms with Gasteiger partial charge in [0.1, 0.15) is 5.52 Å². The number of hydrogen-bond acceptors (Lipinski definition) is 4. The number of H-pyrrole nitrogens is 1. The van der Waals surface area contributed by atoms with E-state index in [2.05, 4.69) is 18.0 Å². The molecule has 7 heteroatoms. The average Bonchev–Trinajstić information content (AvgIpc) is 3.13. The number of aromatic amines is 1. The van der Waals surface area contributed by atoms with Crippen molar-refractivity contribution in [3.63, 3.8) is 0 Å². The second kappa shape index (κ2) is 8.94. The highest BCUT2D eigenvalue weighted by molar-refractivity contribution is 6.03. The minimum Gasteiger partial charge on any atom is -0.250 e. The summed E-state index contributed by atoms with van der Waals surface area (Å²) in [5.41, 5.74) is 5.30. The number of para-hydroxylation sites is 2. The fourth-order valence-electron chi connectivity index (χ4n) is 4.17. The lowest BCUT2D eigenvalue weighted by Gasteiger charge is -2.01. The highest BCUT2D eigenvalue weighted by atomic mass is 16.1. The van der Waals surface area contributed by atoms with Crippen molar-refractivity contribution in [1.29, 1.82) is 0 Å². The Bertz CT molecular complexity index is 1550. The van der Waals surface area contributed by atoms with E-state index in [4.69, 9.17) is 15.1 Å². The molecule has 0 aliphatic carbocycles. The first-order valence-electron chi connectivity index (χ1n) is 11.5. The van der Waals surface area contributed by atoms with Crippen molar-refractivity contribution < 1.29 is 4.98 Å². The molecule has 0 unspecified atom stereocenters. The third-order valence-electron chi connectivity index (χ3n) is 5.89. The molecule has 0 aliphatic rings. The van der Waals surface area contributed by atoms with E-state index in [1.165, 1.54) is 6.42 Å². The maximum Gasteiger partial charge on any atom is 0.322 e. The Morgan fingerprint density at radius 3 is 2.64 bits per heavy atom. The van der Waals surface area contributed by atoms with Crippen LogP contribution < -0.4 is 10.5 Å². The Labute approximate surface area is 191 Å². The molecule has 33 heavy (non-hydrogen) atoms. The quantitative estimate of drug-likeness (QED) is 0.277. The van der Waals surface area contributed by atoms with Gasteiger partial charge in [-0.2, -0.15) is 0 Å². The molecule has 0 fully saturated rings. The first-order chi connectivity index (χ1) is 16.2. The summed E-state index contributed by atoms with van der Waals surface area (Å²) in [6.07, 6.45) is 7.93. The molecule has 0 spiro atoms. The van der Waals surface area contributed by atoms with E-state index in [0.717, 1.165) is 41.4 Å². The van der Waals surface area contributed by atoms with E-state index in [0.29, 0.717) is 28.7 Å². The van der Waals surface area contributed by atoms with Gasteiger partial charge in [0.2, 0.25) is 5.65 Å². The van der Waals surface area contributed by atoms with Crippen LogP contribution in [0.4, 0.5) is 0 Å². The molecule has 0 saturated heterocycles. The van der Waals surface area contributed by atoms with Gasteiger partial charge in [0, 0.05) is 0 Å². The van der Waals surface area contributed by atoms with Crippen molar-refractivity contribution in [3.05, 3.63) is 76.3 Å². The molecule has 5 aromatic rings. The summed E-state index contributed by atoms with van der Waals surface area (Å²) in [6, 6.07) is 15.8. The highest BCUT2D eigenvalue weighted by Crippen LogP contribution is 2.23. The van der Waals surface area contributed by atoms with E-state index >= 15 is 0 Å². The Kier molecular flexibility index (Phi) is 5.69. The topological polar surface area (TPSA) is 79.2 Å². The normalized spacial score (nSPS) is 11.9. The minimum absolute atomic E-state index is 0.0701. The van der Waals surface area contributed by atoms with Crippen LogP contribution >= 0.6 is 0 Å². The van der Waals surface area contributed by atoms with Crippen molar-refractivity contribution in [2.24, 2.45) is 5.10 Å². The van der Waals surface area contributed by atoms with Gasteiger partial charge < -0.3 is 0 Å². The number of rotatable bonds is 7. The maximum atomic E-state index is 13.5. The predicted octanol–water partition coefficient (Wildman–Crippen LogP) is 4.48. The zero-order valence-electron chi connectivity index (χ0n) is 19.0. The zero-order chi connectivity index (χ0) is 22.8. The van der Waals surface area contributed by atoms with E-state index < -0.39 is 0 Å². The molecule has 0 bridgehead atoms. The number of aryl methyl sites for hydroxylation is 2. The fourth-order valence-corrected chi connectivity index (χ4v) is 4.17. The molecule has 0 saturated carbocycles. The molecule has 3 heterocycles. The van der Waals surface area contributed by atoms with Gasteiger partial charge >= 0.3 is 5.56 Å².